The Morgan fingerprint density at radius 1 is 1.12 bits per heavy atom. The zero-order valence-corrected chi connectivity index (χ0v) is 9.56. The Kier molecular flexibility index (Phi) is 3.60. The summed E-state index contributed by atoms with van der Waals surface area (Å²) in [7, 11) is 0. The maximum Gasteiger partial charge on any atom is 0.404 e. The van der Waals surface area contributed by atoms with E-state index in [1.54, 1.807) is 0 Å². The minimum atomic E-state index is -0.706. The van der Waals surface area contributed by atoms with Crippen molar-refractivity contribution in [1.29, 1.82) is 0 Å². The fourth-order valence-electron chi connectivity index (χ4n) is 1.95. The lowest BCUT2D eigenvalue weighted by atomic mass is 10.0. The van der Waals surface area contributed by atoms with Crippen molar-refractivity contribution in [1.82, 2.24) is 0 Å². The maximum absolute atomic E-state index is 10.4. The van der Waals surface area contributed by atoms with Crippen molar-refractivity contribution in [3.63, 3.8) is 0 Å². The summed E-state index contributed by atoms with van der Waals surface area (Å²) in [5.41, 5.74) is 6.18. The minimum Gasteiger partial charge on any atom is -0.450 e. The third kappa shape index (κ3) is 2.97. The topological polar surface area (TPSA) is 52.3 Å². The van der Waals surface area contributed by atoms with E-state index in [0.717, 1.165) is 12.8 Å². The third-order valence-electron chi connectivity index (χ3n) is 2.71. The zero-order valence-electron chi connectivity index (χ0n) is 9.56. The van der Waals surface area contributed by atoms with Crippen molar-refractivity contribution in [2.45, 2.75) is 12.8 Å². The molecular weight excluding hydrogens is 214 g/mol. The van der Waals surface area contributed by atoms with Gasteiger partial charge in [0.2, 0.25) is 0 Å². The fourth-order valence-corrected chi connectivity index (χ4v) is 1.95. The average Bonchev–Trinajstić information content (AvgIpc) is 2.34. The number of fused-ring (bicyclic) bond motifs is 1. The predicted octanol–water partition coefficient (Wildman–Crippen LogP) is 2.87. The molecule has 2 rings (SSSR count). The van der Waals surface area contributed by atoms with E-state index in [2.05, 4.69) is 24.3 Å². The number of ether oxygens (including phenoxy) is 1. The van der Waals surface area contributed by atoms with Crippen molar-refractivity contribution < 1.29 is 9.53 Å². The van der Waals surface area contributed by atoms with E-state index in [9.17, 15) is 4.79 Å². The summed E-state index contributed by atoms with van der Waals surface area (Å²) in [6.07, 6.45) is 0.967. The number of amides is 1. The van der Waals surface area contributed by atoms with Crippen LogP contribution in [-0.2, 0) is 11.2 Å². The number of carbonyl (C=O) groups excluding carboxylic acids is 1. The van der Waals surface area contributed by atoms with E-state index >= 15 is 0 Å². The van der Waals surface area contributed by atoms with Gasteiger partial charge in [0, 0.05) is 0 Å². The van der Waals surface area contributed by atoms with Crippen LogP contribution < -0.4 is 5.73 Å². The molecule has 0 radical (unpaired) electrons. The van der Waals surface area contributed by atoms with Gasteiger partial charge in [-0.15, -0.1) is 0 Å². The van der Waals surface area contributed by atoms with E-state index in [-0.39, 0.29) is 0 Å². The van der Waals surface area contributed by atoms with Crippen LogP contribution in [0.5, 0.6) is 0 Å². The van der Waals surface area contributed by atoms with Gasteiger partial charge < -0.3 is 10.5 Å². The number of hydrogen-bond donors (Lipinski definition) is 1. The molecule has 17 heavy (non-hydrogen) atoms. The number of carbonyl (C=O) groups is 1. The molecule has 1 amide bonds. The highest BCUT2D eigenvalue weighted by atomic mass is 16.5. The molecule has 0 saturated carbocycles. The number of benzene rings is 2. The van der Waals surface area contributed by atoms with Gasteiger partial charge in [-0.25, -0.2) is 4.79 Å². The maximum atomic E-state index is 10.4. The molecule has 2 aromatic carbocycles. The van der Waals surface area contributed by atoms with Gasteiger partial charge in [-0.2, -0.15) is 0 Å². The first-order chi connectivity index (χ1) is 8.27. The van der Waals surface area contributed by atoms with Crippen molar-refractivity contribution in [3.05, 3.63) is 48.0 Å². The first kappa shape index (κ1) is 11.5. The standard InChI is InChI=1S/C14H15NO2/c15-14(16)17-10-4-8-12-7-3-6-11-5-1-2-9-13(11)12/h1-3,5-7,9H,4,8,10H2,(H2,15,16). The Labute approximate surface area is 100 Å². The molecule has 3 nitrogen and oxygen atoms in total. The highest BCUT2D eigenvalue weighted by Crippen LogP contribution is 2.19. The highest BCUT2D eigenvalue weighted by Gasteiger charge is 2.00. The van der Waals surface area contributed by atoms with Crippen molar-refractivity contribution in [2.75, 3.05) is 6.61 Å². The molecule has 3 heteroatoms. The van der Waals surface area contributed by atoms with Crippen molar-refractivity contribution in [3.8, 4) is 0 Å². The van der Waals surface area contributed by atoms with Crippen LogP contribution in [0.3, 0.4) is 0 Å². The van der Waals surface area contributed by atoms with Crippen LogP contribution in [-0.4, -0.2) is 12.7 Å². The Morgan fingerprint density at radius 3 is 2.71 bits per heavy atom. The first-order valence-electron chi connectivity index (χ1n) is 5.66. The number of nitrogens with two attached hydrogens (primary N) is 1. The Balaban J connectivity index is 2.05. The number of aryl methyl sites for hydroxylation is 1. The molecule has 0 heterocycles. The summed E-state index contributed by atoms with van der Waals surface area (Å²) in [5.74, 6) is 0. The number of hydrogen-bond acceptors (Lipinski definition) is 2. The third-order valence-corrected chi connectivity index (χ3v) is 2.71. The van der Waals surface area contributed by atoms with Crippen LogP contribution in [0.2, 0.25) is 0 Å². The average molecular weight is 229 g/mol. The molecule has 0 aromatic heterocycles. The normalized spacial score (nSPS) is 10.4. The Morgan fingerprint density at radius 2 is 1.88 bits per heavy atom. The molecule has 0 aliphatic heterocycles. The molecule has 0 spiro atoms. The summed E-state index contributed by atoms with van der Waals surface area (Å²) in [6.45, 7) is 0.374. The SMILES string of the molecule is NC(=O)OCCCc1cccc2ccccc12. The van der Waals surface area contributed by atoms with E-state index in [0.29, 0.717) is 6.61 Å². The van der Waals surface area contributed by atoms with Gasteiger partial charge in [0.05, 0.1) is 6.61 Å². The molecule has 0 bridgehead atoms. The summed E-state index contributed by atoms with van der Waals surface area (Å²) in [4.78, 5) is 10.4. The summed E-state index contributed by atoms with van der Waals surface area (Å²) < 4.78 is 4.71. The molecule has 0 atom stereocenters. The van der Waals surface area contributed by atoms with Crippen LogP contribution in [0.4, 0.5) is 4.79 Å². The predicted molar refractivity (Wildman–Crippen MR) is 67.8 cm³/mol. The van der Waals surface area contributed by atoms with Gasteiger partial charge in [-0.1, -0.05) is 42.5 Å². The molecule has 88 valence electrons. The Hall–Kier alpha value is -2.03. The number of rotatable bonds is 4. The molecule has 2 aromatic rings. The lowest BCUT2D eigenvalue weighted by Gasteiger charge is -2.06. The van der Waals surface area contributed by atoms with E-state index in [1.165, 1.54) is 16.3 Å². The minimum absolute atomic E-state index is 0.374. The fraction of sp³-hybridized carbons (Fsp3) is 0.214. The van der Waals surface area contributed by atoms with Crippen molar-refractivity contribution in [2.24, 2.45) is 5.73 Å². The van der Waals surface area contributed by atoms with E-state index < -0.39 is 6.09 Å². The Bertz CT molecular complexity index is 517. The molecular formula is C14H15NO2. The van der Waals surface area contributed by atoms with Crippen LogP contribution in [0.15, 0.2) is 42.5 Å². The van der Waals surface area contributed by atoms with Crippen LogP contribution in [0.25, 0.3) is 10.8 Å². The monoisotopic (exact) mass is 229 g/mol. The van der Waals surface area contributed by atoms with Gasteiger partial charge >= 0.3 is 6.09 Å². The van der Waals surface area contributed by atoms with Crippen LogP contribution in [0, 0.1) is 0 Å². The lowest BCUT2D eigenvalue weighted by molar-refractivity contribution is 0.155. The largest absolute Gasteiger partial charge is 0.450 e. The van der Waals surface area contributed by atoms with Crippen LogP contribution in [0.1, 0.15) is 12.0 Å². The second kappa shape index (κ2) is 5.34. The molecule has 0 fully saturated rings. The van der Waals surface area contributed by atoms with Gasteiger partial charge in [0.15, 0.2) is 0 Å². The van der Waals surface area contributed by atoms with Gasteiger partial charge in [0.25, 0.3) is 0 Å². The van der Waals surface area contributed by atoms with E-state index in [1.807, 2.05) is 18.2 Å². The zero-order chi connectivity index (χ0) is 12.1. The highest BCUT2D eigenvalue weighted by molar-refractivity contribution is 5.85. The first-order valence-corrected chi connectivity index (χ1v) is 5.66. The molecule has 0 unspecified atom stereocenters. The summed E-state index contributed by atoms with van der Waals surface area (Å²) in [5, 5.41) is 2.50. The smallest absolute Gasteiger partial charge is 0.404 e. The summed E-state index contributed by atoms with van der Waals surface area (Å²) >= 11 is 0. The van der Waals surface area contributed by atoms with E-state index in [4.69, 9.17) is 10.5 Å². The second-order valence-electron chi connectivity index (χ2n) is 3.91. The lowest BCUT2D eigenvalue weighted by Crippen LogP contribution is -2.13. The van der Waals surface area contributed by atoms with Gasteiger partial charge in [-0.05, 0) is 29.2 Å². The van der Waals surface area contributed by atoms with Crippen LogP contribution >= 0.6 is 0 Å². The molecule has 0 aliphatic rings. The van der Waals surface area contributed by atoms with Gasteiger partial charge in [-0.3, -0.25) is 0 Å². The molecule has 0 saturated heterocycles. The molecule has 2 N–H and O–H groups in total. The van der Waals surface area contributed by atoms with Crippen molar-refractivity contribution >= 4 is 16.9 Å². The number of primary amides is 1. The van der Waals surface area contributed by atoms with Gasteiger partial charge in [0.1, 0.15) is 0 Å². The second-order valence-corrected chi connectivity index (χ2v) is 3.91. The quantitative estimate of drug-likeness (QED) is 0.819. The summed E-state index contributed by atoms with van der Waals surface area (Å²) in [6, 6.07) is 14.5. The molecule has 0 aliphatic carbocycles.